The van der Waals surface area contributed by atoms with E-state index in [4.69, 9.17) is 0 Å². The lowest BCUT2D eigenvalue weighted by Crippen LogP contribution is -2.23. The van der Waals surface area contributed by atoms with Crippen LogP contribution >= 0.6 is 0 Å². The summed E-state index contributed by atoms with van der Waals surface area (Å²) >= 11 is 0. The molecule has 2 N–H and O–H groups in total. The van der Waals surface area contributed by atoms with Crippen LogP contribution < -0.4 is 10.9 Å². The van der Waals surface area contributed by atoms with E-state index in [1.807, 2.05) is 42.5 Å². The van der Waals surface area contributed by atoms with Crippen molar-refractivity contribution in [1.82, 2.24) is 10.3 Å². The standard InChI is InChI=1S/C27H28N2O2/c1-27(2,3)20-11-9-19(10-12-20)23(17-21-13-16-25(30)28-21)24-15-14-22(26(31)29-24)18-7-5-4-6-8-18/h4-12,14-15,17,21H,13,16H2,1-3H3,(H,28,30)(H,29,31)/b23-17-/t21-/m1/s1. The Hall–Kier alpha value is -3.40. The van der Waals surface area contributed by atoms with Gasteiger partial charge in [0.1, 0.15) is 0 Å². The van der Waals surface area contributed by atoms with Crippen LogP contribution in [0.25, 0.3) is 16.7 Å². The highest BCUT2D eigenvalue weighted by Gasteiger charge is 2.21. The van der Waals surface area contributed by atoms with Gasteiger partial charge in [-0.3, -0.25) is 9.59 Å². The highest BCUT2D eigenvalue weighted by molar-refractivity contribution is 5.82. The summed E-state index contributed by atoms with van der Waals surface area (Å²) in [7, 11) is 0. The van der Waals surface area contributed by atoms with Crippen molar-refractivity contribution in [2.75, 3.05) is 0 Å². The van der Waals surface area contributed by atoms with Crippen LogP contribution in [-0.4, -0.2) is 16.9 Å². The number of carbonyl (C=O) groups excluding carboxylic acids is 1. The third-order valence-electron chi connectivity index (χ3n) is 5.74. The fourth-order valence-corrected chi connectivity index (χ4v) is 3.93. The maximum Gasteiger partial charge on any atom is 0.256 e. The van der Waals surface area contributed by atoms with E-state index in [9.17, 15) is 9.59 Å². The Labute approximate surface area is 183 Å². The van der Waals surface area contributed by atoms with Gasteiger partial charge in [0.25, 0.3) is 5.56 Å². The third kappa shape index (κ3) is 4.69. The highest BCUT2D eigenvalue weighted by Crippen LogP contribution is 2.28. The van der Waals surface area contributed by atoms with Crippen molar-refractivity contribution in [2.24, 2.45) is 0 Å². The lowest BCUT2D eigenvalue weighted by Gasteiger charge is -2.20. The summed E-state index contributed by atoms with van der Waals surface area (Å²) in [5.74, 6) is 0.0663. The summed E-state index contributed by atoms with van der Waals surface area (Å²) in [5, 5.41) is 3.00. The van der Waals surface area contributed by atoms with Crippen LogP contribution in [0.3, 0.4) is 0 Å². The second kappa shape index (κ2) is 8.38. The van der Waals surface area contributed by atoms with Crippen LogP contribution in [0.2, 0.25) is 0 Å². The Balaban J connectivity index is 1.76. The monoisotopic (exact) mass is 412 g/mol. The number of carbonyl (C=O) groups is 1. The predicted molar refractivity (Wildman–Crippen MR) is 126 cm³/mol. The fourth-order valence-electron chi connectivity index (χ4n) is 3.93. The molecule has 31 heavy (non-hydrogen) atoms. The Bertz CT molecular complexity index is 1170. The van der Waals surface area contributed by atoms with Gasteiger partial charge >= 0.3 is 0 Å². The summed E-state index contributed by atoms with van der Waals surface area (Å²) < 4.78 is 0. The number of amides is 1. The Morgan fingerprint density at radius 3 is 2.23 bits per heavy atom. The number of H-pyrrole nitrogens is 1. The normalized spacial score (nSPS) is 16.9. The molecule has 1 fully saturated rings. The van der Waals surface area contributed by atoms with Gasteiger partial charge in [0.15, 0.2) is 0 Å². The Morgan fingerprint density at radius 1 is 0.935 bits per heavy atom. The molecule has 158 valence electrons. The molecule has 0 radical (unpaired) electrons. The Morgan fingerprint density at radius 2 is 1.65 bits per heavy atom. The van der Waals surface area contributed by atoms with Crippen molar-refractivity contribution in [3.8, 4) is 11.1 Å². The number of pyridine rings is 1. The van der Waals surface area contributed by atoms with E-state index < -0.39 is 0 Å². The van der Waals surface area contributed by atoms with E-state index in [0.29, 0.717) is 12.0 Å². The van der Waals surface area contributed by atoms with E-state index in [-0.39, 0.29) is 22.9 Å². The van der Waals surface area contributed by atoms with Crippen molar-refractivity contribution in [3.63, 3.8) is 0 Å². The molecule has 0 saturated carbocycles. The molecule has 3 aromatic rings. The maximum absolute atomic E-state index is 12.9. The first-order chi connectivity index (χ1) is 14.8. The molecule has 1 aliphatic heterocycles. The molecule has 1 amide bonds. The van der Waals surface area contributed by atoms with Gasteiger partial charge in [-0.2, -0.15) is 0 Å². The fraction of sp³-hybridized carbons (Fsp3) is 0.259. The first kappa shape index (κ1) is 20.9. The van der Waals surface area contributed by atoms with Crippen molar-refractivity contribution < 1.29 is 4.79 Å². The summed E-state index contributed by atoms with van der Waals surface area (Å²) in [4.78, 5) is 27.7. The van der Waals surface area contributed by atoms with E-state index in [2.05, 4.69) is 61.4 Å². The Kier molecular flexibility index (Phi) is 5.64. The quantitative estimate of drug-likeness (QED) is 0.630. The zero-order valence-electron chi connectivity index (χ0n) is 18.2. The molecule has 2 heterocycles. The molecule has 1 atom stereocenters. The molecule has 1 aliphatic rings. The van der Waals surface area contributed by atoms with E-state index in [1.54, 1.807) is 0 Å². The van der Waals surface area contributed by atoms with Gasteiger partial charge in [-0.1, -0.05) is 81.4 Å². The summed E-state index contributed by atoms with van der Waals surface area (Å²) in [6.07, 6.45) is 3.35. The lowest BCUT2D eigenvalue weighted by molar-refractivity contribution is -0.119. The molecule has 1 saturated heterocycles. The van der Waals surface area contributed by atoms with Crippen LogP contribution in [-0.2, 0) is 10.2 Å². The van der Waals surface area contributed by atoms with Gasteiger partial charge in [0.05, 0.1) is 0 Å². The summed E-state index contributed by atoms with van der Waals surface area (Å²) in [6, 6.07) is 21.9. The minimum Gasteiger partial charge on any atom is -0.350 e. The van der Waals surface area contributed by atoms with Crippen LogP contribution in [0.1, 0.15) is 50.4 Å². The number of benzene rings is 2. The van der Waals surface area contributed by atoms with Gasteiger partial charge < -0.3 is 10.3 Å². The number of hydrogen-bond acceptors (Lipinski definition) is 2. The van der Waals surface area contributed by atoms with Gasteiger partial charge in [-0.05, 0) is 40.7 Å². The van der Waals surface area contributed by atoms with E-state index >= 15 is 0 Å². The number of rotatable bonds is 4. The van der Waals surface area contributed by atoms with Gasteiger partial charge in [-0.15, -0.1) is 0 Å². The van der Waals surface area contributed by atoms with Crippen molar-refractivity contribution in [1.29, 1.82) is 0 Å². The maximum atomic E-state index is 12.9. The minimum atomic E-state index is -0.128. The topological polar surface area (TPSA) is 62.0 Å². The SMILES string of the molecule is CC(C)(C)c1ccc(/C(=C/[C@H]2CCC(=O)N2)c2ccc(-c3ccccc3)c(=O)[nH]2)cc1. The number of aromatic amines is 1. The van der Waals surface area contributed by atoms with E-state index in [0.717, 1.165) is 28.8 Å². The molecule has 0 unspecified atom stereocenters. The van der Waals surface area contributed by atoms with Crippen molar-refractivity contribution >= 4 is 11.5 Å². The highest BCUT2D eigenvalue weighted by atomic mass is 16.2. The molecule has 4 nitrogen and oxygen atoms in total. The first-order valence-corrected chi connectivity index (χ1v) is 10.7. The second-order valence-electron chi connectivity index (χ2n) is 9.10. The molecule has 4 rings (SSSR count). The van der Waals surface area contributed by atoms with E-state index in [1.165, 1.54) is 5.56 Å². The largest absolute Gasteiger partial charge is 0.350 e. The molecule has 1 aromatic heterocycles. The number of aromatic nitrogens is 1. The molecule has 0 bridgehead atoms. The van der Waals surface area contributed by atoms with Gasteiger partial charge in [0, 0.05) is 29.3 Å². The smallest absolute Gasteiger partial charge is 0.256 e. The van der Waals surface area contributed by atoms with Gasteiger partial charge in [-0.25, -0.2) is 0 Å². The first-order valence-electron chi connectivity index (χ1n) is 10.7. The molecule has 0 spiro atoms. The summed E-state index contributed by atoms with van der Waals surface area (Å²) in [5.41, 5.74) is 5.39. The predicted octanol–water partition coefficient (Wildman–Crippen LogP) is 5.05. The number of hydrogen-bond donors (Lipinski definition) is 2. The van der Waals surface area contributed by atoms with Crippen LogP contribution in [0.15, 0.2) is 77.6 Å². The van der Waals surface area contributed by atoms with Crippen LogP contribution in [0.5, 0.6) is 0 Å². The zero-order valence-corrected chi connectivity index (χ0v) is 18.2. The number of nitrogens with one attached hydrogen (secondary N) is 2. The van der Waals surface area contributed by atoms with Crippen molar-refractivity contribution in [2.45, 2.75) is 45.1 Å². The molecular formula is C27H28N2O2. The van der Waals surface area contributed by atoms with Crippen LogP contribution in [0.4, 0.5) is 0 Å². The summed E-state index contributed by atoms with van der Waals surface area (Å²) in [6.45, 7) is 6.56. The van der Waals surface area contributed by atoms with Crippen molar-refractivity contribution in [3.05, 3.63) is 100.0 Å². The average Bonchev–Trinajstić information content (AvgIpc) is 3.17. The van der Waals surface area contributed by atoms with Gasteiger partial charge in [0.2, 0.25) is 5.91 Å². The minimum absolute atomic E-state index is 0.0397. The lowest BCUT2D eigenvalue weighted by atomic mass is 9.86. The average molecular weight is 413 g/mol. The molecule has 0 aliphatic carbocycles. The van der Waals surface area contributed by atoms with Crippen LogP contribution in [0, 0.1) is 0 Å². The second-order valence-corrected chi connectivity index (χ2v) is 9.10. The molecule has 2 aromatic carbocycles. The molecule has 4 heteroatoms. The third-order valence-corrected chi connectivity index (χ3v) is 5.74. The zero-order chi connectivity index (χ0) is 22.0. The molecular weight excluding hydrogens is 384 g/mol.